The minimum absolute atomic E-state index is 0.0331. The van der Waals surface area contributed by atoms with Crippen molar-refractivity contribution < 1.29 is 22.7 Å². The molecule has 0 saturated carbocycles. The minimum atomic E-state index is -3.41. The van der Waals surface area contributed by atoms with Crippen molar-refractivity contribution in [3.05, 3.63) is 54.1 Å². The number of ether oxygens (including phenoxy) is 2. The molecular formula is C20H26N2O5S. The first kappa shape index (κ1) is 21.6. The number of rotatable bonds is 10. The highest BCUT2D eigenvalue weighted by Crippen LogP contribution is 2.25. The summed E-state index contributed by atoms with van der Waals surface area (Å²) in [5.74, 6) is 1.05. The lowest BCUT2D eigenvalue weighted by Crippen LogP contribution is -2.31. The fourth-order valence-electron chi connectivity index (χ4n) is 2.57. The maximum Gasteiger partial charge on any atom is 0.253 e. The first-order valence-electron chi connectivity index (χ1n) is 8.98. The Labute approximate surface area is 166 Å². The van der Waals surface area contributed by atoms with Gasteiger partial charge in [0.1, 0.15) is 6.61 Å². The maximum atomic E-state index is 12.6. The van der Waals surface area contributed by atoms with Crippen molar-refractivity contribution in [3.63, 3.8) is 0 Å². The molecule has 0 heterocycles. The number of methoxy groups -OCH3 is 1. The molecule has 0 atom stereocenters. The van der Waals surface area contributed by atoms with Gasteiger partial charge in [0.25, 0.3) is 5.91 Å². The van der Waals surface area contributed by atoms with Crippen LogP contribution >= 0.6 is 0 Å². The first-order chi connectivity index (χ1) is 13.4. The average Bonchev–Trinajstić information content (AvgIpc) is 2.67. The molecule has 0 aromatic heterocycles. The summed E-state index contributed by atoms with van der Waals surface area (Å²) in [4.78, 5) is 14.1. The molecule has 0 unspecified atom stereocenters. The lowest BCUT2D eigenvalue weighted by molar-refractivity contribution is 0.0773. The quantitative estimate of drug-likeness (QED) is 0.656. The third kappa shape index (κ3) is 6.16. The lowest BCUT2D eigenvalue weighted by Gasteiger charge is -2.18. The van der Waals surface area contributed by atoms with E-state index in [4.69, 9.17) is 9.47 Å². The molecular weight excluding hydrogens is 380 g/mol. The molecule has 7 nitrogen and oxygen atoms in total. The number of benzene rings is 2. The van der Waals surface area contributed by atoms with Gasteiger partial charge in [0.15, 0.2) is 11.5 Å². The van der Waals surface area contributed by atoms with E-state index >= 15 is 0 Å². The summed E-state index contributed by atoms with van der Waals surface area (Å²) >= 11 is 0. The zero-order valence-corrected chi connectivity index (χ0v) is 17.2. The molecule has 152 valence electrons. The number of hydrogen-bond acceptors (Lipinski definition) is 5. The highest BCUT2D eigenvalue weighted by molar-refractivity contribution is 7.92. The van der Waals surface area contributed by atoms with Crippen LogP contribution in [0.3, 0.4) is 0 Å². The number of amides is 1. The normalized spacial score (nSPS) is 11.0. The fourth-order valence-corrected chi connectivity index (χ4v) is 3.69. The Hall–Kier alpha value is -2.74. The lowest BCUT2D eigenvalue weighted by atomic mass is 10.2. The van der Waals surface area contributed by atoms with E-state index in [2.05, 4.69) is 4.72 Å². The second-order valence-corrected chi connectivity index (χ2v) is 8.07. The highest BCUT2D eigenvalue weighted by Gasteiger charge is 2.14. The predicted octanol–water partition coefficient (Wildman–Crippen LogP) is 3.00. The Bertz CT molecular complexity index is 899. The SMILES string of the molecule is CCCS(=O)(=O)Nc1cccc(C(=O)N(C)CCOc2ccccc2OC)c1. The first-order valence-corrected chi connectivity index (χ1v) is 10.6. The Morgan fingerprint density at radius 1 is 1.11 bits per heavy atom. The largest absolute Gasteiger partial charge is 0.493 e. The van der Waals surface area contributed by atoms with Gasteiger partial charge >= 0.3 is 0 Å². The zero-order chi connectivity index (χ0) is 20.6. The molecule has 0 aliphatic heterocycles. The Morgan fingerprint density at radius 3 is 2.50 bits per heavy atom. The van der Waals surface area contributed by atoms with Gasteiger partial charge in [-0.1, -0.05) is 25.1 Å². The van der Waals surface area contributed by atoms with Crippen molar-refractivity contribution in [1.29, 1.82) is 0 Å². The van der Waals surface area contributed by atoms with Crippen molar-refractivity contribution >= 4 is 21.6 Å². The van der Waals surface area contributed by atoms with E-state index in [9.17, 15) is 13.2 Å². The number of nitrogens with one attached hydrogen (secondary N) is 1. The third-order valence-corrected chi connectivity index (χ3v) is 5.45. The molecule has 0 spiro atoms. The number of nitrogens with zero attached hydrogens (tertiary/aromatic N) is 1. The van der Waals surface area contributed by atoms with Crippen LogP contribution < -0.4 is 14.2 Å². The molecule has 0 aliphatic carbocycles. The number of sulfonamides is 1. The van der Waals surface area contributed by atoms with Crippen LogP contribution in [-0.4, -0.2) is 52.3 Å². The molecule has 28 heavy (non-hydrogen) atoms. The molecule has 1 N–H and O–H groups in total. The number of para-hydroxylation sites is 2. The number of carbonyl (C=O) groups is 1. The standard InChI is InChI=1S/C20H26N2O5S/c1-4-14-28(24,25)21-17-9-7-8-16(15-17)20(23)22(2)12-13-27-19-11-6-5-10-18(19)26-3/h5-11,15,21H,4,12-14H2,1-3H3. The number of anilines is 1. The minimum Gasteiger partial charge on any atom is -0.493 e. The molecule has 2 aromatic rings. The topological polar surface area (TPSA) is 84.9 Å². The number of carbonyl (C=O) groups excluding carboxylic acids is 1. The van der Waals surface area contributed by atoms with Gasteiger partial charge in [0.05, 0.1) is 19.4 Å². The van der Waals surface area contributed by atoms with Crippen LogP contribution in [0.15, 0.2) is 48.5 Å². The van der Waals surface area contributed by atoms with Crippen molar-refractivity contribution in [2.24, 2.45) is 0 Å². The van der Waals surface area contributed by atoms with Crippen molar-refractivity contribution in [2.45, 2.75) is 13.3 Å². The van der Waals surface area contributed by atoms with Gasteiger partial charge < -0.3 is 14.4 Å². The van der Waals surface area contributed by atoms with Gasteiger partial charge in [0.2, 0.25) is 10.0 Å². The molecule has 2 aromatic carbocycles. The second-order valence-electron chi connectivity index (χ2n) is 6.23. The predicted molar refractivity (Wildman–Crippen MR) is 110 cm³/mol. The number of likely N-dealkylation sites (N-methyl/N-ethyl adjacent to an activating group) is 1. The molecule has 0 aliphatic rings. The van der Waals surface area contributed by atoms with E-state index < -0.39 is 10.0 Å². The molecule has 0 fully saturated rings. The average molecular weight is 407 g/mol. The van der Waals surface area contributed by atoms with Crippen molar-refractivity contribution in [3.8, 4) is 11.5 Å². The monoisotopic (exact) mass is 406 g/mol. The highest BCUT2D eigenvalue weighted by atomic mass is 32.2. The molecule has 0 bridgehead atoms. The van der Waals surface area contributed by atoms with E-state index in [0.29, 0.717) is 42.3 Å². The summed E-state index contributed by atoms with van der Waals surface area (Å²) in [5.41, 5.74) is 0.773. The van der Waals surface area contributed by atoms with Crippen LogP contribution in [0, 0.1) is 0 Å². The van der Waals surface area contributed by atoms with E-state index in [-0.39, 0.29) is 11.7 Å². The second kappa shape index (κ2) is 9.98. The third-order valence-electron chi connectivity index (χ3n) is 3.96. The number of hydrogen-bond donors (Lipinski definition) is 1. The van der Waals surface area contributed by atoms with Gasteiger partial charge in [-0.2, -0.15) is 0 Å². The summed E-state index contributed by atoms with van der Waals surface area (Å²) in [5, 5.41) is 0. The van der Waals surface area contributed by atoms with E-state index in [0.717, 1.165) is 0 Å². The smallest absolute Gasteiger partial charge is 0.253 e. The Balaban J connectivity index is 1.96. The van der Waals surface area contributed by atoms with E-state index in [1.54, 1.807) is 51.4 Å². The van der Waals surface area contributed by atoms with Crippen LogP contribution in [0.25, 0.3) is 0 Å². The van der Waals surface area contributed by atoms with E-state index in [1.165, 1.54) is 11.0 Å². The van der Waals surface area contributed by atoms with Gasteiger partial charge in [-0.3, -0.25) is 9.52 Å². The van der Waals surface area contributed by atoms with Crippen molar-refractivity contribution in [1.82, 2.24) is 4.90 Å². The van der Waals surface area contributed by atoms with Crippen LogP contribution in [0.4, 0.5) is 5.69 Å². The van der Waals surface area contributed by atoms with Crippen molar-refractivity contribution in [2.75, 3.05) is 37.8 Å². The molecule has 0 radical (unpaired) electrons. The van der Waals surface area contributed by atoms with Gasteiger partial charge in [-0.25, -0.2) is 8.42 Å². The molecule has 0 saturated heterocycles. The van der Waals surface area contributed by atoms with Gasteiger partial charge in [-0.15, -0.1) is 0 Å². The molecule has 2 rings (SSSR count). The molecule has 8 heteroatoms. The summed E-state index contributed by atoms with van der Waals surface area (Å²) in [6.45, 7) is 2.45. The van der Waals surface area contributed by atoms with Crippen LogP contribution in [0.5, 0.6) is 11.5 Å². The Kier molecular flexibility index (Phi) is 7.69. The van der Waals surface area contributed by atoms with Crippen LogP contribution in [-0.2, 0) is 10.0 Å². The fraction of sp³-hybridized carbons (Fsp3) is 0.350. The summed E-state index contributed by atoms with van der Waals surface area (Å²) < 4.78 is 37.2. The molecule has 1 amide bonds. The Morgan fingerprint density at radius 2 is 1.82 bits per heavy atom. The van der Waals surface area contributed by atoms with E-state index in [1.807, 2.05) is 12.1 Å². The summed E-state index contributed by atoms with van der Waals surface area (Å²) in [7, 11) is -0.168. The summed E-state index contributed by atoms with van der Waals surface area (Å²) in [6.07, 6.45) is 0.517. The zero-order valence-electron chi connectivity index (χ0n) is 16.3. The summed E-state index contributed by atoms with van der Waals surface area (Å²) in [6, 6.07) is 13.7. The van der Waals surface area contributed by atoms with Crippen LogP contribution in [0.2, 0.25) is 0 Å². The maximum absolute atomic E-state index is 12.6. The van der Waals surface area contributed by atoms with Gasteiger partial charge in [0, 0.05) is 18.3 Å². The van der Waals surface area contributed by atoms with Crippen LogP contribution in [0.1, 0.15) is 23.7 Å². The van der Waals surface area contributed by atoms with Gasteiger partial charge in [-0.05, 0) is 36.8 Å².